The largest absolute Gasteiger partial charge is 0.385 e. The van der Waals surface area contributed by atoms with Crippen molar-refractivity contribution in [3.05, 3.63) is 46.5 Å². The minimum atomic E-state index is -0.287. The normalized spacial score (nSPS) is 13.1. The van der Waals surface area contributed by atoms with Crippen LogP contribution < -0.4 is 10.6 Å². The summed E-state index contributed by atoms with van der Waals surface area (Å²) >= 11 is 0. The quantitative estimate of drug-likeness (QED) is 0.719. The first-order chi connectivity index (χ1) is 13.5. The summed E-state index contributed by atoms with van der Waals surface area (Å²) in [5.74, 6) is -0.216. The number of ether oxygens (including phenoxy) is 1. The maximum absolute atomic E-state index is 12.9. The first-order valence-corrected chi connectivity index (χ1v) is 9.76. The van der Waals surface area contributed by atoms with Gasteiger partial charge < -0.3 is 19.9 Å². The van der Waals surface area contributed by atoms with Gasteiger partial charge in [0.2, 0.25) is 0 Å². The number of carbonyl (C=O) groups is 2. The van der Waals surface area contributed by atoms with Crippen molar-refractivity contribution in [3.8, 4) is 0 Å². The van der Waals surface area contributed by atoms with E-state index in [1.165, 1.54) is 5.56 Å². The van der Waals surface area contributed by atoms with E-state index in [1.54, 1.807) is 7.11 Å². The number of imidazole rings is 1. The Hall–Kier alpha value is -2.67. The van der Waals surface area contributed by atoms with Crippen LogP contribution >= 0.6 is 0 Å². The molecule has 2 aromatic rings. The molecule has 150 valence electrons. The molecule has 1 aliphatic heterocycles. The van der Waals surface area contributed by atoms with Gasteiger partial charge in [-0.05, 0) is 62.8 Å². The van der Waals surface area contributed by atoms with Gasteiger partial charge in [0.25, 0.3) is 11.8 Å². The number of aryl methyl sites for hydroxylation is 2. The minimum Gasteiger partial charge on any atom is -0.385 e. The van der Waals surface area contributed by atoms with Crippen LogP contribution in [0.5, 0.6) is 0 Å². The molecule has 0 unspecified atom stereocenters. The molecule has 7 heteroatoms. The average molecular weight is 384 g/mol. The van der Waals surface area contributed by atoms with Crippen molar-refractivity contribution in [2.45, 2.75) is 46.1 Å². The number of fused-ring (bicyclic) bond motifs is 1. The summed E-state index contributed by atoms with van der Waals surface area (Å²) in [5, 5.41) is 5.79. The molecule has 0 spiro atoms. The highest BCUT2D eigenvalue weighted by molar-refractivity contribution is 6.03. The van der Waals surface area contributed by atoms with Gasteiger partial charge in [0, 0.05) is 32.5 Å². The summed E-state index contributed by atoms with van der Waals surface area (Å²) in [5.41, 5.74) is 4.22. The van der Waals surface area contributed by atoms with Crippen LogP contribution in [0.1, 0.15) is 57.2 Å². The Morgan fingerprint density at radius 1 is 1.18 bits per heavy atom. The molecular formula is C21H28N4O3. The van der Waals surface area contributed by atoms with Crippen LogP contribution in [0.25, 0.3) is 0 Å². The minimum absolute atomic E-state index is 0.230. The number of rotatable bonds is 7. The van der Waals surface area contributed by atoms with Gasteiger partial charge in [-0.3, -0.25) is 9.59 Å². The van der Waals surface area contributed by atoms with E-state index in [0.717, 1.165) is 42.6 Å². The summed E-state index contributed by atoms with van der Waals surface area (Å²) in [4.78, 5) is 29.9. The van der Waals surface area contributed by atoms with Crippen molar-refractivity contribution in [3.63, 3.8) is 0 Å². The predicted molar refractivity (Wildman–Crippen MR) is 108 cm³/mol. The molecule has 0 bridgehead atoms. The molecule has 2 heterocycles. The molecule has 0 radical (unpaired) electrons. The van der Waals surface area contributed by atoms with Crippen molar-refractivity contribution in [2.75, 3.05) is 25.6 Å². The van der Waals surface area contributed by atoms with Crippen molar-refractivity contribution in [1.29, 1.82) is 0 Å². The molecule has 7 nitrogen and oxygen atoms in total. The lowest BCUT2D eigenvalue weighted by molar-refractivity contribution is 0.0942. The molecule has 1 aromatic carbocycles. The summed E-state index contributed by atoms with van der Waals surface area (Å²) in [6, 6.07) is 5.80. The Bertz CT molecular complexity index is 873. The van der Waals surface area contributed by atoms with Crippen LogP contribution in [0, 0.1) is 13.8 Å². The number of nitrogens with one attached hydrogen (secondary N) is 2. The third kappa shape index (κ3) is 4.42. The number of methoxy groups -OCH3 is 1. The maximum Gasteiger partial charge on any atom is 0.291 e. The molecule has 1 aliphatic rings. The fourth-order valence-electron chi connectivity index (χ4n) is 3.41. The number of hydrogen-bond donors (Lipinski definition) is 2. The SMILES string of the molecule is COCCCNC(=O)c1nc(C(=O)Nc2ccc(C)c(C)c2)n2c1CCCC2. The molecular weight excluding hydrogens is 356 g/mol. The van der Waals surface area contributed by atoms with Gasteiger partial charge >= 0.3 is 0 Å². The third-order valence-electron chi connectivity index (χ3n) is 5.11. The fourth-order valence-corrected chi connectivity index (χ4v) is 3.41. The number of nitrogens with zero attached hydrogens (tertiary/aromatic N) is 2. The predicted octanol–water partition coefficient (Wildman–Crippen LogP) is 2.85. The van der Waals surface area contributed by atoms with E-state index in [-0.39, 0.29) is 11.8 Å². The van der Waals surface area contributed by atoms with Crippen molar-refractivity contribution in [2.24, 2.45) is 0 Å². The fraction of sp³-hybridized carbons (Fsp3) is 0.476. The van der Waals surface area contributed by atoms with E-state index < -0.39 is 0 Å². The highest BCUT2D eigenvalue weighted by Crippen LogP contribution is 2.22. The van der Waals surface area contributed by atoms with Crippen LogP contribution in [-0.4, -0.2) is 41.6 Å². The third-order valence-corrected chi connectivity index (χ3v) is 5.11. The first kappa shape index (κ1) is 20.1. The van der Waals surface area contributed by atoms with E-state index in [9.17, 15) is 9.59 Å². The molecule has 3 rings (SSSR count). The lowest BCUT2D eigenvalue weighted by atomic mass is 10.1. The van der Waals surface area contributed by atoms with E-state index in [0.29, 0.717) is 31.2 Å². The van der Waals surface area contributed by atoms with E-state index >= 15 is 0 Å². The van der Waals surface area contributed by atoms with Crippen molar-refractivity contribution in [1.82, 2.24) is 14.9 Å². The van der Waals surface area contributed by atoms with Gasteiger partial charge in [0.15, 0.2) is 5.82 Å². The molecule has 2 N–H and O–H groups in total. The Balaban J connectivity index is 1.80. The van der Waals surface area contributed by atoms with Gasteiger partial charge in [0.1, 0.15) is 5.69 Å². The number of hydrogen-bond acceptors (Lipinski definition) is 4. The average Bonchev–Trinajstić information content (AvgIpc) is 3.08. The van der Waals surface area contributed by atoms with Gasteiger partial charge in [-0.1, -0.05) is 6.07 Å². The van der Waals surface area contributed by atoms with E-state index in [2.05, 4.69) is 15.6 Å². The molecule has 0 aliphatic carbocycles. The van der Waals surface area contributed by atoms with Crippen molar-refractivity contribution < 1.29 is 14.3 Å². The van der Waals surface area contributed by atoms with Crippen molar-refractivity contribution >= 4 is 17.5 Å². The molecule has 0 saturated heterocycles. The topological polar surface area (TPSA) is 85.2 Å². The lowest BCUT2D eigenvalue weighted by Crippen LogP contribution is -2.27. The van der Waals surface area contributed by atoms with Crippen LogP contribution in [0.2, 0.25) is 0 Å². The first-order valence-electron chi connectivity index (χ1n) is 9.76. The Kier molecular flexibility index (Phi) is 6.46. The van der Waals surface area contributed by atoms with E-state index in [1.807, 2.05) is 36.6 Å². The highest BCUT2D eigenvalue weighted by atomic mass is 16.5. The van der Waals surface area contributed by atoms with Gasteiger partial charge in [-0.2, -0.15) is 0 Å². The highest BCUT2D eigenvalue weighted by Gasteiger charge is 2.27. The Labute approximate surface area is 165 Å². The summed E-state index contributed by atoms with van der Waals surface area (Å²) < 4.78 is 6.90. The number of aromatic nitrogens is 2. The smallest absolute Gasteiger partial charge is 0.291 e. The molecule has 0 saturated carbocycles. The zero-order valence-corrected chi connectivity index (χ0v) is 16.8. The lowest BCUT2D eigenvalue weighted by Gasteiger charge is -2.17. The molecule has 1 aromatic heterocycles. The van der Waals surface area contributed by atoms with Gasteiger partial charge in [0.05, 0.1) is 5.69 Å². The second-order valence-corrected chi connectivity index (χ2v) is 7.19. The second-order valence-electron chi connectivity index (χ2n) is 7.19. The number of amides is 2. The molecule has 2 amide bonds. The van der Waals surface area contributed by atoms with Crippen LogP contribution in [0.4, 0.5) is 5.69 Å². The molecule has 28 heavy (non-hydrogen) atoms. The maximum atomic E-state index is 12.9. The summed E-state index contributed by atoms with van der Waals surface area (Å²) in [7, 11) is 1.63. The number of carbonyl (C=O) groups excluding carboxylic acids is 2. The van der Waals surface area contributed by atoms with Crippen LogP contribution in [-0.2, 0) is 17.7 Å². The van der Waals surface area contributed by atoms with E-state index in [4.69, 9.17) is 4.74 Å². The van der Waals surface area contributed by atoms with Crippen LogP contribution in [0.3, 0.4) is 0 Å². The van der Waals surface area contributed by atoms with Crippen LogP contribution in [0.15, 0.2) is 18.2 Å². The summed E-state index contributed by atoms with van der Waals surface area (Å²) in [6.45, 7) is 5.85. The second kappa shape index (κ2) is 9.01. The molecule has 0 fully saturated rings. The zero-order valence-electron chi connectivity index (χ0n) is 16.8. The number of anilines is 1. The van der Waals surface area contributed by atoms with Gasteiger partial charge in [-0.25, -0.2) is 4.98 Å². The monoisotopic (exact) mass is 384 g/mol. The Morgan fingerprint density at radius 3 is 2.75 bits per heavy atom. The standard InChI is InChI=1S/C21H28N4O3/c1-14-8-9-16(13-15(14)2)23-21(27)19-24-18(17-7-4-5-11-25(17)19)20(26)22-10-6-12-28-3/h8-9,13H,4-7,10-12H2,1-3H3,(H,22,26)(H,23,27). The Morgan fingerprint density at radius 2 is 2.00 bits per heavy atom. The van der Waals surface area contributed by atoms with Gasteiger partial charge in [-0.15, -0.1) is 0 Å². The summed E-state index contributed by atoms with van der Waals surface area (Å²) in [6.07, 6.45) is 3.46. The number of benzene rings is 1. The molecule has 0 atom stereocenters. The zero-order chi connectivity index (χ0) is 20.1.